The molecule has 121 valence electrons. The molecular weight excluding hydrogens is 482 g/mol. The summed E-state index contributed by atoms with van der Waals surface area (Å²) in [6, 6.07) is 30.8. The van der Waals surface area contributed by atoms with Crippen molar-refractivity contribution in [3.63, 3.8) is 0 Å². The van der Waals surface area contributed by atoms with Gasteiger partial charge in [-0.05, 0) is 21.9 Å². The number of hydrogen-bond donors (Lipinski definition) is 0. The van der Waals surface area contributed by atoms with Crippen LogP contribution in [0.3, 0.4) is 0 Å². The van der Waals surface area contributed by atoms with Crippen LogP contribution < -0.4 is 0 Å². The smallest absolute Gasteiger partial charge is 0.0245 e. The van der Waals surface area contributed by atoms with Gasteiger partial charge in [-0.1, -0.05) is 72.1 Å². The summed E-state index contributed by atoms with van der Waals surface area (Å²) in [5.74, 6) is 0. The van der Waals surface area contributed by atoms with Gasteiger partial charge in [-0.3, -0.25) is 0 Å². The fourth-order valence-electron chi connectivity index (χ4n) is 3.41. The molecule has 0 N–H and O–H groups in total. The van der Waals surface area contributed by atoms with Crippen LogP contribution >= 0.6 is 0 Å². The number of pyridine rings is 1. The van der Waals surface area contributed by atoms with E-state index in [0.717, 1.165) is 11.3 Å². The predicted molar refractivity (Wildman–Crippen MR) is 101 cm³/mol. The Labute approximate surface area is 159 Å². The van der Waals surface area contributed by atoms with Crippen molar-refractivity contribution in [1.29, 1.82) is 0 Å². The minimum Gasteiger partial charge on any atom is -0.304 e. The van der Waals surface area contributed by atoms with Gasteiger partial charge in [0.2, 0.25) is 0 Å². The van der Waals surface area contributed by atoms with Crippen LogP contribution in [0.5, 0.6) is 0 Å². The van der Waals surface area contributed by atoms with E-state index in [2.05, 4.69) is 78.9 Å². The molecule has 1 heterocycles. The molecule has 1 aromatic heterocycles. The molecule has 0 saturated heterocycles. The fourth-order valence-corrected chi connectivity index (χ4v) is 3.41. The number of fused-ring (bicyclic) bond motifs is 4. The van der Waals surface area contributed by atoms with Gasteiger partial charge in [-0.25, -0.2) is 0 Å². The number of rotatable bonds is 1. The summed E-state index contributed by atoms with van der Waals surface area (Å²) in [4.78, 5) is 4.75. The first-order valence-electron chi connectivity index (χ1n) is 8.07. The number of nitrogens with zero attached hydrogens (tertiary/aromatic N) is 1. The van der Waals surface area contributed by atoms with Crippen molar-refractivity contribution in [2.24, 2.45) is 0 Å². The van der Waals surface area contributed by atoms with Gasteiger partial charge in [-0.15, -0.1) is 29.1 Å². The van der Waals surface area contributed by atoms with Crippen molar-refractivity contribution in [2.45, 2.75) is 0 Å². The quantitative estimate of drug-likeness (QED) is 0.205. The van der Waals surface area contributed by atoms with Crippen LogP contribution in [0.2, 0.25) is 0 Å². The van der Waals surface area contributed by atoms with Crippen molar-refractivity contribution in [2.75, 3.05) is 0 Å². The van der Waals surface area contributed by atoms with Crippen molar-refractivity contribution in [3.05, 3.63) is 91.1 Å². The largest absolute Gasteiger partial charge is 0.304 e. The van der Waals surface area contributed by atoms with E-state index in [-0.39, 0.29) is 20.1 Å². The molecular formula is C23H14IrN-. The number of hydrogen-bond acceptors (Lipinski definition) is 1. The van der Waals surface area contributed by atoms with Crippen molar-refractivity contribution in [3.8, 4) is 11.3 Å². The Morgan fingerprint density at radius 2 is 1.32 bits per heavy atom. The van der Waals surface area contributed by atoms with E-state index in [0.29, 0.717) is 0 Å². The number of benzene rings is 4. The maximum Gasteiger partial charge on any atom is 0.0245 e. The number of aromatic nitrogens is 1. The molecule has 0 spiro atoms. The van der Waals surface area contributed by atoms with Crippen molar-refractivity contribution < 1.29 is 20.1 Å². The molecule has 5 aromatic rings. The molecule has 1 nitrogen and oxygen atoms in total. The Kier molecular flexibility index (Phi) is 4.09. The molecule has 5 rings (SSSR count). The fraction of sp³-hybridized carbons (Fsp3) is 0. The van der Waals surface area contributed by atoms with Gasteiger partial charge in [0.25, 0.3) is 0 Å². The monoisotopic (exact) mass is 497 g/mol. The third-order valence-electron chi connectivity index (χ3n) is 4.61. The van der Waals surface area contributed by atoms with E-state index in [1.165, 1.54) is 32.3 Å². The normalized spacial score (nSPS) is 10.9. The van der Waals surface area contributed by atoms with Crippen LogP contribution in [0.15, 0.2) is 85.1 Å². The van der Waals surface area contributed by atoms with Crippen molar-refractivity contribution >= 4 is 32.3 Å². The maximum atomic E-state index is 4.75. The van der Waals surface area contributed by atoms with E-state index in [1.807, 2.05) is 12.3 Å². The van der Waals surface area contributed by atoms with Crippen LogP contribution in [0.25, 0.3) is 43.6 Å². The Hall–Kier alpha value is -2.54. The van der Waals surface area contributed by atoms with E-state index in [4.69, 9.17) is 4.98 Å². The molecule has 0 unspecified atom stereocenters. The van der Waals surface area contributed by atoms with Crippen LogP contribution in [0.4, 0.5) is 0 Å². The molecule has 2 heteroatoms. The van der Waals surface area contributed by atoms with Gasteiger partial charge in [0.15, 0.2) is 0 Å². The molecule has 1 radical (unpaired) electrons. The zero-order valence-electron chi connectivity index (χ0n) is 13.4. The second-order valence-electron chi connectivity index (χ2n) is 6.02. The van der Waals surface area contributed by atoms with Crippen LogP contribution in [-0.2, 0) is 20.1 Å². The first-order chi connectivity index (χ1) is 11.9. The van der Waals surface area contributed by atoms with Gasteiger partial charge in [0.05, 0.1) is 0 Å². The van der Waals surface area contributed by atoms with Gasteiger partial charge < -0.3 is 4.98 Å². The molecule has 0 bridgehead atoms. The maximum absolute atomic E-state index is 4.75. The third kappa shape index (κ3) is 2.64. The van der Waals surface area contributed by atoms with E-state index in [9.17, 15) is 0 Å². The topological polar surface area (TPSA) is 12.9 Å². The summed E-state index contributed by atoms with van der Waals surface area (Å²) in [6.07, 6.45) is 1.99. The molecule has 0 saturated carbocycles. The molecule has 0 aliphatic rings. The zero-order valence-corrected chi connectivity index (χ0v) is 15.8. The van der Waals surface area contributed by atoms with Crippen LogP contribution in [-0.4, -0.2) is 4.98 Å². The second-order valence-corrected chi connectivity index (χ2v) is 6.02. The third-order valence-corrected chi connectivity index (χ3v) is 4.61. The molecule has 4 aromatic carbocycles. The predicted octanol–water partition coefficient (Wildman–Crippen LogP) is 6.01. The standard InChI is InChI=1S/C23H14N.Ir/c1-3-9-19-16(6-1)8-5-11-21(19)23-14-18-13-12-17-7-2-4-10-20(17)22(18)15-24-23;/h1-10,12-15H;/q-1;. The molecule has 0 atom stereocenters. The SMILES string of the molecule is [Ir].[c-]1ccc2ccccc2c1-c1cc2ccc3ccccc3c2cn1. The summed E-state index contributed by atoms with van der Waals surface area (Å²) in [5, 5.41) is 7.30. The minimum absolute atomic E-state index is 0. The van der Waals surface area contributed by atoms with E-state index >= 15 is 0 Å². The van der Waals surface area contributed by atoms with E-state index in [1.54, 1.807) is 0 Å². The summed E-state index contributed by atoms with van der Waals surface area (Å²) in [5.41, 5.74) is 2.03. The van der Waals surface area contributed by atoms with Crippen molar-refractivity contribution in [1.82, 2.24) is 4.98 Å². The minimum atomic E-state index is 0. The van der Waals surface area contributed by atoms with Crippen LogP contribution in [0, 0.1) is 6.07 Å². The van der Waals surface area contributed by atoms with Gasteiger partial charge in [0, 0.05) is 31.7 Å². The van der Waals surface area contributed by atoms with Gasteiger partial charge in [0.1, 0.15) is 0 Å². The Balaban J connectivity index is 0.00000157. The molecule has 0 aliphatic carbocycles. The Bertz CT molecular complexity index is 1210. The molecule has 0 fully saturated rings. The molecule has 0 aliphatic heterocycles. The first-order valence-corrected chi connectivity index (χ1v) is 8.07. The summed E-state index contributed by atoms with van der Waals surface area (Å²) < 4.78 is 0. The molecule has 0 amide bonds. The van der Waals surface area contributed by atoms with Crippen LogP contribution in [0.1, 0.15) is 0 Å². The zero-order chi connectivity index (χ0) is 15.9. The second kappa shape index (κ2) is 6.40. The Morgan fingerprint density at radius 3 is 2.16 bits per heavy atom. The molecule has 25 heavy (non-hydrogen) atoms. The summed E-state index contributed by atoms with van der Waals surface area (Å²) >= 11 is 0. The Morgan fingerprint density at radius 1 is 0.640 bits per heavy atom. The summed E-state index contributed by atoms with van der Waals surface area (Å²) in [6.45, 7) is 0. The van der Waals surface area contributed by atoms with Gasteiger partial charge >= 0.3 is 0 Å². The average Bonchev–Trinajstić information content (AvgIpc) is 2.67. The average molecular weight is 497 g/mol. The van der Waals surface area contributed by atoms with Gasteiger partial charge in [-0.2, -0.15) is 0 Å². The van der Waals surface area contributed by atoms with E-state index < -0.39 is 0 Å². The first kappa shape index (κ1) is 16.0. The summed E-state index contributed by atoms with van der Waals surface area (Å²) in [7, 11) is 0.